The van der Waals surface area contributed by atoms with Gasteiger partial charge in [0.05, 0.1) is 11.5 Å². The molecule has 142 valence electrons. The number of nitro benzene ring substituents is 1. The van der Waals surface area contributed by atoms with Gasteiger partial charge in [0, 0.05) is 62.0 Å². The van der Waals surface area contributed by atoms with Gasteiger partial charge in [-0.2, -0.15) is 0 Å². The summed E-state index contributed by atoms with van der Waals surface area (Å²) in [5.41, 5.74) is 0.0973. The topological polar surface area (TPSA) is 75.9 Å². The molecule has 0 aromatic heterocycles. The minimum absolute atomic E-state index is 0.136. The zero-order chi connectivity index (χ0) is 18.7. The maximum Gasteiger partial charge on any atom is 0.271 e. The van der Waals surface area contributed by atoms with E-state index in [9.17, 15) is 14.9 Å². The number of halogens is 1. The van der Waals surface area contributed by atoms with Gasteiger partial charge in [-0.3, -0.25) is 14.9 Å². The summed E-state index contributed by atoms with van der Waals surface area (Å²) >= 11 is 5.94. The van der Waals surface area contributed by atoms with Crippen LogP contribution in [0.3, 0.4) is 0 Å². The molecule has 0 radical (unpaired) electrons. The fourth-order valence-corrected chi connectivity index (χ4v) is 3.98. The largest absolute Gasteiger partial charge is 0.381 e. The molecule has 1 aromatic carbocycles. The van der Waals surface area contributed by atoms with E-state index in [4.69, 9.17) is 16.3 Å². The van der Waals surface area contributed by atoms with E-state index >= 15 is 0 Å². The van der Waals surface area contributed by atoms with Crippen molar-refractivity contribution in [2.45, 2.75) is 25.3 Å². The molecule has 1 unspecified atom stereocenters. The molecule has 0 N–H and O–H groups in total. The fourth-order valence-electron chi connectivity index (χ4n) is 3.75. The van der Waals surface area contributed by atoms with Crippen molar-refractivity contribution in [3.63, 3.8) is 0 Å². The smallest absolute Gasteiger partial charge is 0.271 e. The SMILES string of the molecule is CN(C(=O)c1cc(Cl)cc([N+](=O)[O-])c1)C1CCN(CC2CCOC2)CC1. The number of hydrogen-bond acceptors (Lipinski definition) is 5. The van der Waals surface area contributed by atoms with Gasteiger partial charge in [-0.05, 0) is 31.2 Å². The first-order valence-electron chi connectivity index (χ1n) is 8.96. The Morgan fingerprint density at radius 1 is 1.35 bits per heavy atom. The summed E-state index contributed by atoms with van der Waals surface area (Å²) in [6.45, 7) is 4.68. The van der Waals surface area contributed by atoms with Crippen LogP contribution < -0.4 is 0 Å². The Balaban J connectivity index is 1.58. The Morgan fingerprint density at radius 2 is 2.08 bits per heavy atom. The highest BCUT2D eigenvalue weighted by Crippen LogP contribution is 2.24. The van der Waals surface area contributed by atoms with E-state index in [0.717, 1.165) is 52.1 Å². The second-order valence-corrected chi connectivity index (χ2v) is 7.57. The predicted octanol–water partition coefficient (Wildman–Crippen LogP) is 2.82. The molecule has 2 saturated heterocycles. The molecule has 2 aliphatic heterocycles. The van der Waals surface area contributed by atoms with Gasteiger partial charge in [0.1, 0.15) is 0 Å². The average Bonchev–Trinajstić information content (AvgIpc) is 3.13. The van der Waals surface area contributed by atoms with Crippen LogP contribution in [-0.4, -0.2) is 66.6 Å². The molecule has 1 atom stereocenters. The summed E-state index contributed by atoms with van der Waals surface area (Å²) in [7, 11) is 1.76. The molecule has 2 heterocycles. The highest BCUT2D eigenvalue weighted by Gasteiger charge is 2.28. The predicted molar refractivity (Wildman–Crippen MR) is 98.6 cm³/mol. The van der Waals surface area contributed by atoms with E-state index in [1.54, 1.807) is 11.9 Å². The molecule has 2 fully saturated rings. The van der Waals surface area contributed by atoms with Gasteiger partial charge in [0.25, 0.3) is 11.6 Å². The third-order valence-corrected chi connectivity index (χ3v) is 5.52. The van der Waals surface area contributed by atoms with Crippen molar-refractivity contribution in [1.82, 2.24) is 9.80 Å². The number of rotatable bonds is 5. The summed E-state index contributed by atoms with van der Waals surface area (Å²) in [6.07, 6.45) is 2.93. The first-order valence-corrected chi connectivity index (χ1v) is 9.34. The number of hydrogen-bond donors (Lipinski definition) is 0. The first-order chi connectivity index (χ1) is 12.4. The Bertz CT molecular complexity index is 670. The summed E-state index contributed by atoms with van der Waals surface area (Å²) in [6, 6.07) is 4.17. The van der Waals surface area contributed by atoms with Gasteiger partial charge in [0.2, 0.25) is 0 Å². The Morgan fingerprint density at radius 3 is 2.69 bits per heavy atom. The lowest BCUT2D eigenvalue weighted by Gasteiger charge is -2.37. The van der Waals surface area contributed by atoms with Crippen LogP contribution in [-0.2, 0) is 4.74 Å². The summed E-state index contributed by atoms with van der Waals surface area (Å²) in [5, 5.41) is 11.2. The zero-order valence-electron chi connectivity index (χ0n) is 14.9. The number of amides is 1. The van der Waals surface area contributed by atoms with E-state index in [-0.39, 0.29) is 28.2 Å². The number of benzene rings is 1. The summed E-state index contributed by atoms with van der Waals surface area (Å²) in [4.78, 5) is 27.3. The fraction of sp³-hybridized carbons (Fsp3) is 0.611. The van der Waals surface area contributed by atoms with Crippen LogP contribution in [0.1, 0.15) is 29.6 Å². The third kappa shape index (κ3) is 4.52. The van der Waals surface area contributed by atoms with Crippen LogP contribution in [0, 0.1) is 16.0 Å². The minimum Gasteiger partial charge on any atom is -0.381 e. The van der Waals surface area contributed by atoms with Crippen LogP contribution in [0.15, 0.2) is 18.2 Å². The number of likely N-dealkylation sites (tertiary alicyclic amines) is 1. The number of carbonyl (C=O) groups excluding carboxylic acids is 1. The lowest BCUT2D eigenvalue weighted by molar-refractivity contribution is -0.384. The van der Waals surface area contributed by atoms with Crippen molar-refractivity contribution >= 4 is 23.2 Å². The number of nitro groups is 1. The molecule has 7 nitrogen and oxygen atoms in total. The molecule has 0 bridgehead atoms. The molecular weight excluding hydrogens is 358 g/mol. The highest BCUT2D eigenvalue weighted by molar-refractivity contribution is 6.31. The number of non-ortho nitro benzene ring substituents is 1. The van der Waals surface area contributed by atoms with Crippen molar-refractivity contribution < 1.29 is 14.5 Å². The molecular formula is C18H24ClN3O4. The zero-order valence-corrected chi connectivity index (χ0v) is 15.7. The van der Waals surface area contributed by atoms with Crippen LogP contribution in [0.25, 0.3) is 0 Å². The Labute approximate surface area is 158 Å². The quantitative estimate of drug-likeness (QED) is 0.579. The van der Waals surface area contributed by atoms with Crippen LogP contribution in [0.5, 0.6) is 0 Å². The van der Waals surface area contributed by atoms with Crippen molar-refractivity contribution in [2.24, 2.45) is 5.92 Å². The molecule has 0 aliphatic carbocycles. The van der Waals surface area contributed by atoms with E-state index in [1.807, 2.05) is 0 Å². The number of nitrogens with zero attached hydrogens (tertiary/aromatic N) is 3. The van der Waals surface area contributed by atoms with E-state index in [1.165, 1.54) is 18.2 Å². The number of piperidine rings is 1. The second-order valence-electron chi connectivity index (χ2n) is 7.13. The number of carbonyl (C=O) groups is 1. The first kappa shape index (κ1) is 19.1. The van der Waals surface area contributed by atoms with E-state index in [0.29, 0.717) is 5.92 Å². The molecule has 8 heteroatoms. The molecule has 0 saturated carbocycles. The van der Waals surface area contributed by atoms with Crippen molar-refractivity contribution in [1.29, 1.82) is 0 Å². The number of ether oxygens (including phenoxy) is 1. The van der Waals surface area contributed by atoms with Gasteiger partial charge in [0.15, 0.2) is 0 Å². The van der Waals surface area contributed by atoms with Crippen molar-refractivity contribution in [2.75, 3.05) is 39.9 Å². The van der Waals surface area contributed by atoms with E-state index < -0.39 is 4.92 Å². The molecule has 0 spiro atoms. The lowest BCUT2D eigenvalue weighted by Crippen LogP contribution is -2.46. The highest BCUT2D eigenvalue weighted by atomic mass is 35.5. The van der Waals surface area contributed by atoms with Crippen molar-refractivity contribution in [3.8, 4) is 0 Å². The van der Waals surface area contributed by atoms with Gasteiger partial charge >= 0.3 is 0 Å². The monoisotopic (exact) mass is 381 g/mol. The second kappa shape index (κ2) is 8.33. The average molecular weight is 382 g/mol. The molecule has 2 aliphatic rings. The normalized spacial score (nSPS) is 21.7. The van der Waals surface area contributed by atoms with Crippen LogP contribution >= 0.6 is 11.6 Å². The molecule has 26 heavy (non-hydrogen) atoms. The maximum atomic E-state index is 12.7. The minimum atomic E-state index is -0.534. The Kier molecular flexibility index (Phi) is 6.11. The molecule has 3 rings (SSSR count). The lowest BCUT2D eigenvalue weighted by atomic mass is 10.0. The Hall–Kier alpha value is -1.70. The van der Waals surface area contributed by atoms with Gasteiger partial charge in [-0.1, -0.05) is 11.6 Å². The standard InChI is InChI=1S/C18H24ClN3O4/c1-20(18(23)14-8-15(19)10-17(9-14)22(24)25)16-2-5-21(6-3-16)11-13-4-7-26-12-13/h8-10,13,16H,2-7,11-12H2,1H3. The van der Waals surface area contributed by atoms with Crippen molar-refractivity contribution in [3.05, 3.63) is 38.9 Å². The third-order valence-electron chi connectivity index (χ3n) is 5.31. The molecule has 1 aromatic rings. The van der Waals surface area contributed by atoms with Gasteiger partial charge in [-0.25, -0.2) is 0 Å². The maximum absolute atomic E-state index is 12.7. The van der Waals surface area contributed by atoms with Crippen LogP contribution in [0.2, 0.25) is 5.02 Å². The molecule has 1 amide bonds. The summed E-state index contributed by atoms with van der Waals surface area (Å²) in [5.74, 6) is 0.399. The summed E-state index contributed by atoms with van der Waals surface area (Å²) < 4.78 is 5.44. The van der Waals surface area contributed by atoms with Crippen LogP contribution in [0.4, 0.5) is 5.69 Å². The van der Waals surface area contributed by atoms with Gasteiger partial charge < -0.3 is 14.5 Å². The van der Waals surface area contributed by atoms with E-state index in [2.05, 4.69) is 4.90 Å². The van der Waals surface area contributed by atoms with Gasteiger partial charge in [-0.15, -0.1) is 0 Å².